The summed E-state index contributed by atoms with van der Waals surface area (Å²) in [7, 11) is 0. The third-order valence-electron chi connectivity index (χ3n) is 6.76. The lowest BCUT2D eigenvalue weighted by Crippen LogP contribution is -2.50. The second-order valence-corrected chi connectivity index (χ2v) is 8.99. The van der Waals surface area contributed by atoms with Crippen molar-refractivity contribution in [3.8, 4) is 17.1 Å². The fraction of sp³-hybridized carbons (Fsp3) is 0.423. The molecule has 2 aliphatic rings. The molecule has 33 heavy (non-hydrogen) atoms. The minimum Gasteiger partial charge on any atom is -0.484 e. The zero-order valence-corrected chi connectivity index (χ0v) is 19.3. The third kappa shape index (κ3) is 4.78. The Morgan fingerprint density at radius 3 is 2.61 bits per heavy atom. The lowest BCUT2D eigenvalue weighted by atomic mass is 10.1. The molecule has 172 valence electrons. The van der Waals surface area contributed by atoms with Crippen LogP contribution in [0.3, 0.4) is 0 Å². The van der Waals surface area contributed by atoms with E-state index in [0.29, 0.717) is 24.8 Å². The molecule has 1 amide bonds. The van der Waals surface area contributed by atoms with Crippen molar-refractivity contribution in [2.24, 2.45) is 0 Å². The highest BCUT2D eigenvalue weighted by atomic mass is 16.5. The van der Waals surface area contributed by atoms with E-state index < -0.39 is 0 Å². The smallest absolute Gasteiger partial charge is 0.260 e. The summed E-state index contributed by atoms with van der Waals surface area (Å²) in [5.74, 6) is 2.03. The molecule has 1 fully saturated rings. The molecule has 2 heterocycles. The van der Waals surface area contributed by atoms with Crippen LogP contribution in [0.5, 0.6) is 5.75 Å². The number of nitrogens with zero attached hydrogens (tertiary/aromatic N) is 4. The largest absolute Gasteiger partial charge is 0.484 e. The van der Waals surface area contributed by atoms with E-state index in [1.54, 1.807) is 0 Å². The predicted molar refractivity (Wildman–Crippen MR) is 125 cm³/mol. The number of benzene rings is 2. The number of fused-ring (bicyclic) bond motifs is 1. The summed E-state index contributed by atoms with van der Waals surface area (Å²) in [6.07, 6.45) is 3.46. The lowest BCUT2D eigenvalue weighted by Gasteiger charge is -2.36. The summed E-state index contributed by atoms with van der Waals surface area (Å²) in [5.41, 5.74) is 4.91. The Morgan fingerprint density at radius 2 is 1.82 bits per heavy atom. The van der Waals surface area contributed by atoms with Crippen LogP contribution in [0.15, 0.2) is 47.0 Å². The quantitative estimate of drug-likeness (QED) is 0.573. The van der Waals surface area contributed by atoms with E-state index in [2.05, 4.69) is 41.0 Å². The molecule has 2 aromatic carbocycles. The maximum atomic E-state index is 12.7. The van der Waals surface area contributed by atoms with Gasteiger partial charge in [0, 0.05) is 31.7 Å². The highest BCUT2D eigenvalue weighted by Gasteiger charge is 2.28. The van der Waals surface area contributed by atoms with Crippen molar-refractivity contribution in [2.75, 3.05) is 32.8 Å². The van der Waals surface area contributed by atoms with Crippen molar-refractivity contribution >= 4 is 5.91 Å². The minimum absolute atomic E-state index is 0.00314. The zero-order chi connectivity index (χ0) is 22.8. The molecule has 1 unspecified atom stereocenters. The minimum atomic E-state index is -0.00314. The van der Waals surface area contributed by atoms with Crippen molar-refractivity contribution in [2.45, 2.75) is 39.2 Å². The number of carbonyl (C=O) groups is 1. The van der Waals surface area contributed by atoms with Gasteiger partial charge in [-0.25, -0.2) is 0 Å². The van der Waals surface area contributed by atoms with Gasteiger partial charge in [-0.3, -0.25) is 9.69 Å². The van der Waals surface area contributed by atoms with Gasteiger partial charge in [0.15, 0.2) is 6.61 Å². The Morgan fingerprint density at radius 1 is 1.06 bits per heavy atom. The van der Waals surface area contributed by atoms with Crippen LogP contribution in [-0.4, -0.2) is 58.6 Å². The van der Waals surface area contributed by atoms with Gasteiger partial charge < -0.3 is 14.2 Å². The van der Waals surface area contributed by atoms with Crippen LogP contribution in [0, 0.1) is 6.92 Å². The molecule has 1 aliphatic carbocycles. The van der Waals surface area contributed by atoms with E-state index in [9.17, 15) is 4.79 Å². The van der Waals surface area contributed by atoms with Gasteiger partial charge in [0.2, 0.25) is 11.7 Å². The van der Waals surface area contributed by atoms with Crippen molar-refractivity contribution in [3.05, 3.63) is 65.0 Å². The molecule has 5 rings (SSSR count). The average molecular weight is 447 g/mol. The molecule has 3 aromatic rings. The maximum Gasteiger partial charge on any atom is 0.260 e. The van der Waals surface area contributed by atoms with Gasteiger partial charge in [-0.05, 0) is 56.4 Å². The fourth-order valence-electron chi connectivity index (χ4n) is 4.61. The van der Waals surface area contributed by atoms with E-state index in [0.717, 1.165) is 37.2 Å². The second kappa shape index (κ2) is 9.35. The molecule has 7 heteroatoms. The molecule has 1 aliphatic heterocycles. The van der Waals surface area contributed by atoms with Gasteiger partial charge in [0.1, 0.15) is 5.75 Å². The molecule has 0 bridgehead atoms. The molecule has 0 saturated carbocycles. The van der Waals surface area contributed by atoms with Gasteiger partial charge in [-0.1, -0.05) is 41.1 Å². The second-order valence-electron chi connectivity index (χ2n) is 8.99. The van der Waals surface area contributed by atoms with Gasteiger partial charge >= 0.3 is 0 Å². The third-order valence-corrected chi connectivity index (χ3v) is 6.76. The summed E-state index contributed by atoms with van der Waals surface area (Å²) in [5, 5.41) is 4.16. The first-order valence-electron chi connectivity index (χ1n) is 11.7. The Labute approximate surface area is 194 Å². The first kappa shape index (κ1) is 21.6. The van der Waals surface area contributed by atoms with E-state index in [1.807, 2.05) is 35.2 Å². The van der Waals surface area contributed by atoms with Crippen LogP contribution in [-0.2, 0) is 17.6 Å². The molecule has 0 radical (unpaired) electrons. The van der Waals surface area contributed by atoms with Crippen molar-refractivity contribution in [1.82, 2.24) is 19.9 Å². The van der Waals surface area contributed by atoms with Gasteiger partial charge in [-0.15, -0.1) is 0 Å². The van der Waals surface area contributed by atoms with Crippen LogP contribution in [0.4, 0.5) is 0 Å². The highest BCUT2D eigenvalue weighted by molar-refractivity contribution is 5.78. The highest BCUT2D eigenvalue weighted by Crippen LogP contribution is 2.26. The topological polar surface area (TPSA) is 71.7 Å². The van der Waals surface area contributed by atoms with Gasteiger partial charge in [0.25, 0.3) is 5.91 Å². The standard InChI is InChI=1S/C26H30N4O3/c1-18-6-8-21(9-7-18)25-27-26(33-28-25)19(2)29-12-14-30(15-13-29)24(31)17-32-23-11-10-20-4-3-5-22(20)16-23/h6-11,16,19H,3-5,12-15,17H2,1-2H3. The van der Waals surface area contributed by atoms with Crippen molar-refractivity contribution < 1.29 is 14.1 Å². The van der Waals surface area contributed by atoms with E-state index in [4.69, 9.17) is 9.26 Å². The molecule has 1 aromatic heterocycles. The summed E-state index contributed by atoms with van der Waals surface area (Å²) >= 11 is 0. The number of rotatable bonds is 6. The van der Waals surface area contributed by atoms with Crippen LogP contribution in [0.25, 0.3) is 11.4 Å². The Bertz CT molecular complexity index is 1120. The summed E-state index contributed by atoms with van der Waals surface area (Å²) in [6, 6.07) is 14.3. The van der Waals surface area contributed by atoms with Gasteiger partial charge in [0.05, 0.1) is 6.04 Å². The van der Waals surface area contributed by atoms with Crippen LogP contribution in [0.1, 0.15) is 42.0 Å². The number of hydrogen-bond acceptors (Lipinski definition) is 6. The number of hydrogen-bond donors (Lipinski definition) is 0. The molecule has 0 spiro atoms. The van der Waals surface area contributed by atoms with Crippen LogP contribution in [0.2, 0.25) is 0 Å². The Hall–Kier alpha value is -3.19. The Kier molecular flexibility index (Phi) is 6.13. The van der Waals surface area contributed by atoms with Crippen molar-refractivity contribution in [1.29, 1.82) is 0 Å². The molecular weight excluding hydrogens is 416 g/mol. The zero-order valence-electron chi connectivity index (χ0n) is 19.3. The molecule has 0 N–H and O–H groups in total. The van der Waals surface area contributed by atoms with Crippen LogP contribution < -0.4 is 4.74 Å². The maximum absolute atomic E-state index is 12.7. The van der Waals surface area contributed by atoms with Crippen LogP contribution >= 0.6 is 0 Å². The van der Waals surface area contributed by atoms with E-state index in [-0.39, 0.29) is 18.6 Å². The van der Waals surface area contributed by atoms with Gasteiger partial charge in [-0.2, -0.15) is 4.98 Å². The number of aryl methyl sites for hydroxylation is 3. The number of piperazine rings is 1. The fourth-order valence-corrected chi connectivity index (χ4v) is 4.61. The number of amides is 1. The summed E-state index contributed by atoms with van der Waals surface area (Å²) < 4.78 is 11.4. The molecule has 1 atom stereocenters. The monoisotopic (exact) mass is 446 g/mol. The normalized spacial score (nSPS) is 17.1. The first-order valence-corrected chi connectivity index (χ1v) is 11.7. The predicted octanol–water partition coefficient (Wildman–Crippen LogP) is 3.82. The number of ether oxygens (including phenoxy) is 1. The SMILES string of the molecule is Cc1ccc(-c2noc(C(C)N3CCN(C(=O)COc4ccc5c(c4)CCC5)CC3)n2)cc1. The summed E-state index contributed by atoms with van der Waals surface area (Å²) in [4.78, 5) is 21.4. The first-order chi connectivity index (χ1) is 16.1. The van der Waals surface area contributed by atoms with E-state index in [1.165, 1.54) is 23.1 Å². The Balaban J connectivity index is 1.12. The van der Waals surface area contributed by atoms with Crippen molar-refractivity contribution in [3.63, 3.8) is 0 Å². The van der Waals surface area contributed by atoms with E-state index >= 15 is 0 Å². The number of carbonyl (C=O) groups excluding carboxylic acids is 1. The summed E-state index contributed by atoms with van der Waals surface area (Å²) in [6.45, 7) is 7.04. The molecule has 7 nitrogen and oxygen atoms in total. The average Bonchev–Trinajstić information content (AvgIpc) is 3.52. The molecule has 1 saturated heterocycles. The molecular formula is C26H30N4O3. The lowest BCUT2D eigenvalue weighted by molar-refractivity contribution is -0.135. The number of aromatic nitrogens is 2.